The Morgan fingerprint density at radius 3 is 2.64 bits per heavy atom. The van der Waals surface area contributed by atoms with Gasteiger partial charge in [-0.2, -0.15) is 0 Å². The summed E-state index contributed by atoms with van der Waals surface area (Å²) < 4.78 is 9.97. The molecule has 72 valence electrons. The van der Waals surface area contributed by atoms with Gasteiger partial charge in [0.1, 0.15) is 12.0 Å². The normalized spacial score (nSPS) is 10.1. The molecule has 1 aromatic carbocycles. The number of benzene rings is 1. The molecule has 0 bridgehead atoms. The molecule has 0 saturated carbocycles. The molecule has 0 fully saturated rings. The fraction of sp³-hybridized carbons (Fsp3) is 0.182. The fourth-order valence-corrected chi connectivity index (χ4v) is 1.28. The van der Waals surface area contributed by atoms with Crippen molar-refractivity contribution in [3.63, 3.8) is 0 Å². The zero-order chi connectivity index (χ0) is 9.80. The average molecular weight is 189 g/mol. The topological polar surface area (TPSA) is 35.3 Å². The van der Waals surface area contributed by atoms with Crippen molar-refractivity contribution in [1.29, 1.82) is 0 Å². The summed E-state index contributed by atoms with van der Waals surface area (Å²) >= 11 is 0. The lowest BCUT2D eigenvalue weighted by atomic mass is 10.1. The number of aromatic nitrogens is 1. The Morgan fingerprint density at radius 1 is 1.29 bits per heavy atom. The fourth-order valence-electron chi connectivity index (χ4n) is 1.28. The minimum atomic E-state index is 0.792. The van der Waals surface area contributed by atoms with Gasteiger partial charge in [-0.3, -0.25) is 0 Å². The number of nitrogens with zero attached hydrogens (tertiary/aromatic N) is 1. The molecule has 0 radical (unpaired) electrons. The first-order valence-corrected chi connectivity index (χ1v) is 4.38. The van der Waals surface area contributed by atoms with Crippen molar-refractivity contribution < 1.29 is 9.15 Å². The summed E-state index contributed by atoms with van der Waals surface area (Å²) in [4.78, 5) is 4.06. The van der Waals surface area contributed by atoms with Crippen LogP contribution in [0.25, 0.3) is 0 Å². The van der Waals surface area contributed by atoms with E-state index in [0.717, 1.165) is 17.9 Å². The number of methoxy groups -OCH3 is 1. The van der Waals surface area contributed by atoms with Crippen LogP contribution < -0.4 is 4.74 Å². The Hall–Kier alpha value is -1.77. The van der Waals surface area contributed by atoms with E-state index in [1.54, 1.807) is 13.4 Å². The molecule has 2 rings (SSSR count). The van der Waals surface area contributed by atoms with Crippen LogP contribution in [0.2, 0.25) is 0 Å². The smallest absolute Gasteiger partial charge is 0.180 e. The maximum Gasteiger partial charge on any atom is 0.180 e. The highest BCUT2D eigenvalue weighted by Gasteiger charge is 1.98. The van der Waals surface area contributed by atoms with Crippen LogP contribution in [0.3, 0.4) is 0 Å². The van der Waals surface area contributed by atoms with Gasteiger partial charge in [0.15, 0.2) is 6.39 Å². The van der Waals surface area contributed by atoms with Gasteiger partial charge in [-0.1, -0.05) is 12.1 Å². The first kappa shape index (κ1) is 8.81. The van der Waals surface area contributed by atoms with Crippen LogP contribution in [0.5, 0.6) is 5.75 Å². The van der Waals surface area contributed by atoms with Crippen molar-refractivity contribution >= 4 is 0 Å². The largest absolute Gasteiger partial charge is 0.497 e. The summed E-state index contributed by atoms with van der Waals surface area (Å²) in [5.74, 6) is 0.869. The van der Waals surface area contributed by atoms with E-state index in [4.69, 9.17) is 9.15 Å². The number of rotatable bonds is 3. The molecule has 0 aliphatic carbocycles. The van der Waals surface area contributed by atoms with Crippen LogP contribution in [0.1, 0.15) is 11.3 Å². The zero-order valence-electron chi connectivity index (χ0n) is 7.93. The molecule has 2 aromatic rings. The molecular formula is C11H11NO2. The van der Waals surface area contributed by atoms with Crippen LogP contribution in [0, 0.1) is 0 Å². The summed E-state index contributed by atoms with van der Waals surface area (Å²) in [7, 11) is 1.66. The van der Waals surface area contributed by atoms with Crippen LogP contribution in [0.4, 0.5) is 0 Å². The van der Waals surface area contributed by atoms with Crippen LogP contribution in [-0.4, -0.2) is 12.1 Å². The highest BCUT2D eigenvalue weighted by atomic mass is 16.5. The molecule has 0 aliphatic heterocycles. The van der Waals surface area contributed by atoms with E-state index in [9.17, 15) is 0 Å². The standard InChI is InChI=1S/C11H11NO2/c1-13-11-4-2-9(3-5-11)6-10-7-14-8-12-10/h2-5,7-8H,6H2,1H3. The van der Waals surface area contributed by atoms with Gasteiger partial charge in [0.05, 0.1) is 12.8 Å². The Balaban J connectivity index is 2.10. The highest BCUT2D eigenvalue weighted by Crippen LogP contribution is 2.13. The maximum atomic E-state index is 5.07. The molecule has 0 amide bonds. The summed E-state index contributed by atoms with van der Waals surface area (Å²) in [6, 6.07) is 7.92. The second-order valence-corrected chi connectivity index (χ2v) is 3.00. The SMILES string of the molecule is COc1ccc(Cc2cocn2)cc1. The lowest BCUT2D eigenvalue weighted by Gasteiger charge is -2.00. The van der Waals surface area contributed by atoms with E-state index in [1.807, 2.05) is 24.3 Å². The van der Waals surface area contributed by atoms with Crippen LogP contribution in [-0.2, 0) is 6.42 Å². The van der Waals surface area contributed by atoms with Gasteiger partial charge in [-0.15, -0.1) is 0 Å². The van der Waals surface area contributed by atoms with Gasteiger partial charge >= 0.3 is 0 Å². The van der Waals surface area contributed by atoms with E-state index in [-0.39, 0.29) is 0 Å². The van der Waals surface area contributed by atoms with Crippen molar-refractivity contribution in [1.82, 2.24) is 4.98 Å². The minimum Gasteiger partial charge on any atom is -0.497 e. The predicted molar refractivity (Wildman–Crippen MR) is 52.3 cm³/mol. The van der Waals surface area contributed by atoms with E-state index >= 15 is 0 Å². The Labute approximate surface area is 82.3 Å². The van der Waals surface area contributed by atoms with Gasteiger partial charge < -0.3 is 9.15 Å². The summed E-state index contributed by atoms with van der Waals surface area (Å²) in [6.07, 6.45) is 3.89. The Kier molecular flexibility index (Phi) is 2.49. The van der Waals surface area contributed by atoms with Crippen LogP contribution in [0.15, 0.2) is 41.3 Å². The van der Waals surface area contributed by atoms with Crippen molar-refractivity contribution in [3.8, 4) is 5.75 Å². The van der Waals surface area contributed by atoms with Crippen molar-refractivity contribution in [3.05, 3.63) is 48.2 Å². The molecule has 1 heterocycles. The van der Waals surface area contributed by atoms with E-state index in [1.165, 1.54) is 12.0 Å². The zero-order valence-corrected chi connectivity index (χ0v) is 7.93. The second-order valence-electron chi connectivity index (χ2n) is 3.00. The van der Waals surface area contributed by atoms with Gasteiger partial charge in [0, 0.05) is 6.42 Å². The highest BCUT2D eigenvalue weighted by molar-refractivity contribution is 5.29. The molecule has 0 spiro atoms. The van der Waals surface area contributed by atoms with Gasteiger partial charge in [0.25, 0.3) is 0 Å². The first-order valence-electron chi connectivity index (χ1n) is 4.38. The quantitative estimate of drug-likeness (QED) is 0.743. The van der Waals surface area contributed by atoms with Crippen molar-refractivity contribution in [2.45, 2.75) is 6.42 Å². The third-order valence-corrected chi connectivity index (χ3v) is 2.03. The molecule has 0 N–H and O–H groups in total. The molecular weight excluding hydrogens is 178 g/mol. The average Bonchev–Trinajstić information content (AvgIpc) is 2.72. The van der Waals surface area contributed by atoms with Gasteiger partial charge in [-0.25, -0.2) is 4.98 Å². The minimum absolute atomic E-state index is 0.792. The monoisotopic (exact) mass is 189 g/mol. The van der Waals surface area contributed by atoms with E-state index in [0.29, 0.717) is 0 Å². The number of ether oxygens (including phenoxy) is 1. The number of oxazole rings is 1. The maximum absolute atomic E-state index is 5.07. The summed E-state index contributed by atoms with van der Waals surface area (Å²) in [5, 5.41) is 0. The molecule has 14 heavy (non-hydrogen) atoms. The third kappa shape index (κ3) is 1.93. The van der Waals surface area contributed by atoms with Crippen molar-refractivity contribution in [2.75, 3.05) is 7.11 Å². The van der Waals surface area contributed by atoms with Gasteiger partial charge in [-0.05, 0) is 17.7 Å². The lowest BCUT2D eigenvalue weighted by molar-refractivity contribution is 0.414. The first-order chi connectivity index (χ1) is 6.88. The van der Waals surface area contributed by atoms with E-state index in [2.05, 4.69) is 4.98 Å². The summed E-state index contributed by atoms with van der Waals surface area (Å²) in [5.41, 5.74) is 2.13. The Bertz CT molecular complexity index is 378. The van der Waals surface area contributed by atoms with Crippen molar-refractivity contribution in [2.24, 2.45) is 0 Å². The Morgan fingerprint density at radius 2 is 2.07 bits per heavy atom. The molecule has 0 aliphatic rings. The van der Waals surface area contributed by atoms with E-state index < -0.39 is 0 Å². The van der Waals surface area contributed by atoms with Crippen LogP contribution >= 0.6 is 0 Å². The van der Waals surface area contributed by atoms with Gasteiger partial charge in [0.2, 0.25) is 0 Å². The predicted octanol–water partition coefficient (Wildman–Crippen LogP) is 2.27. The third-order valence-electron chi connectivity index (χ3n) is 2.03. The molecule has 0 saturated heterocycles. The molecule has 3 heteroatoms. The number of hydrogen-bond acceptors (Lipinski definition) is 3. The lowest BCUT2D eigenvalue weighted by Crippen LogP contribution is -1.88. The number of hydrogen-bond donors (Lipinski definition) is 0. The molecule has 1 aromatic heterocycles. The molecule has 3 nitrogen and oxygen atoms in total. The summed E-state index contributed by atoms with van der Waals surface area (Å²) in [6.45, 7) is 0. The molecule has 0 unspecified atom stereocenters. The molecule has 0 atom stereocenters. The second kappa shape index (κ2) is 3.96.